The summed E-state index contributed by atoms with van der Waals surface area (Å²) in [6.45, 7) is 6.84. The van der Waals surface area contributed by atoms with E-state index >= 15 is 0 Å². The SMILES string of the molecule is Cc1ccc(F)cc1NC(=O)N[C@@H](C(=O)O)C(C)(C)C. The van der Waals surface area contributed by atoms with Crippen LogP contribution in [0, 0.1) is 18.2 Å². The van der Waals surface area contributed by atoms with Gasteiger partial charge >= 0.3 is 12.0 Å². The molecule has 6 heteroatoms. The monoisotopic (exact) mass is 282 g/mol. The number of carboxylic acid groups (broad SMARTS) is 1. The molecule has 0 saturated heterocycles. The Morgan fingerprint density at radius 2 is 1.90 bits per heavy atom. The normalized spacial score (nSPS) is 12.7. The van der Waals surface area contributed by atoms with E-state index in [1.807, 2.05) is 0 Å². The third-order valence-corrected chi connectivity index (χ3v) is 2.84. The van der Waals surface area contributed by atoms with Crippen LogP contribution in [-0.2, 0) is 4.79 Å². The van der Waals surface area contributed by atoms with E-state index < -0.39 is 29.3 Å². The first-order chi connectivity index (χ1) is 9.11. The van der Waals surface area contributed by atoms with E-state index in [0.717, 1.165) is 0 Å². The quantitative estimate of drug-likeness (QED) is 0.797. The minimum Gasteiger partial charge on any atom is -0.480 e. The summed E-state index contributed by atoms with van der Waals surface area (Å²) in [7, 11) is 0. The molecule has 0 fully saturated rings. The Hall–Kier alpha value is -2.11. The van der Waals surface area contributed by atoms with Crippen LogP contribution in [0.1, 0.15) is 26.3 Å². The van der Waals surface area contributed by atoms with Crippen LogP contribution in [0.25, 0.3) is 0 Å². The second kappa shape index (κ2) is 5.90. The van der Waals surface area contributed by atoms with Gasteiger partial charge in [-0.3, -0.25) is 0 Å². The van der Waals surface area contributed by atoms with Gasteiger partial charge in [-0.1, -0.05) is 26.8 Å². The van der Waals surface area contributed by atoms with Gasteiger partial charge in [0.15, 0.2) is 0 Å². The molecule has 1 atom stereocenters. The van der Waals surface area contributed by atoms with E-state index in [0.29, 0.717) is 11.3 Å². The van der Waals surface area contributed by atoms with Crippen LogP contribution in [0.2, 0.25) is 0 Å². The van der Waals surface area contributed by atoms with Crippen molar-refractivity contribution in [3.63, 3.8) is 0 Å². The molecular formula is C14H19FN2O3. The van der Waals surface area contributed by atoms with E-state index in [1.165, 1.54) is 18.2 Å². The Kier molecular flexibility index (Phi) is 4.70. The number of rotatable bonds is 3. The van der Waals surface area contributed by atoms with Crippen molar-refractivity contribution in [2.24, 2.45) is 5.41 Å². The first kappa shape index (κ1) is 15.9. The number of aliphatic carboxylic acids is 1. The Labute approximate surface area is 117 Å². The fraction of sp³-hybridized carbons (Fsp3) is 0.429. The fourth-order valence-electron chi connectivity index (χ4n) is 1.67. The van der Waals surface area contributed by atoms with Crippen LogP contribution in [0.3, 0.4) is 0 Å². The average Bonchev–Trinajstić information content (AvgIpc) is 2.29. The molecular weight excluding hydrogens is 263 g/mol. The highest BCUT2D eigenvalue weighted by atomic mass is 19.1. The summed E-state index contributed by atoms with van der Waals surface area (Å²) in [4.78, 5) is 23.0. The number of amides is 2. The van der Waals surface area contributed by atoms with Gasteiger partial charge in [-0.2, -0.15) is 0 Å². The van der Waals surface area contributed by atoms with Crippen molar-refractivity contribution in [1.29, 1.82) is 0 Å². The topological polar surface area (TPSA) is 78.4 Å². The number of carbonyl (C=O) groups is 2. The number of hydrogen-bond donors (Lipinski definition) is 3. The first-order valence-corrected chi connectivity index (χ1v) is 6.17. The van der Waals surface area contributed by atoms with Gasteiger partial charge in [0, 0.05) is 5.69 Å². The van der Waals surface area contributed by atoms with Crippen LogP contribution >= 0.6 is 0 Å². The van der Waals surface area contributed by atoms with E-state index in [-0.39, 0.29) is 0 Å². The number of urea groups is 1. The zero-order valence-electron chi connectivity index (χ0n) is 12.0. The number of nitrogens with one attached hydrogen (secondary N) is 2. The van der Waals surface area contributed by atoms with Crippen LogP contribution in [-0.4, -0.2) is 23.1 Å². The highest BCUT2D eigenvalue weighted by Crippen LogP contribution is 2.20. The van der Waals surface area contributed by atoms with Gasteiger partial charge in [0.25, 0.3) is 0 Å². The molecule has 2 amide bonds. The standard InChI is InChI=1S/C14H19FN2O3/c1-8-5-6-9(15)7-10(8)16-13(20)17-11(12(18)19)14(2,3)4/h5-7,11H,1-4H3,(H,18,19)(H2,16,17,20)/t11-/m0/s1. The Balaban J connectivity index is 2.81. The third kappa shape index (κ3) is 4.22. The van der Waals surface area contributed by atoms with Gasteiger partial charge in [0.2, 0.25) is 0 Å². The van der Waals surface area contributed by atoms with Gasteiger partial charge in [-0.25, -0.2) is 14.0 Å². The van der Waals surface area contributed by atoms with Crippen molar-refractivity contribution in [3.05, 3.63) is 29.6 Å². The molecule has 1 aromatic carbocycles. The second-order valence-corrected chi connectivity index (χ2v) is 5.69. The highest BCUT2D eigenvalue weighted by Gasteiger charge is 2.32. The minimum atomic E-state index is -1.12. The predicted molar refractivity (Wildman–Crippen MR) is 74.2 cm³/mol. The van der Waals surface area contributed by atoms with E-state index in [1.54, 1.807) is 27.7 Å². The third-order valence-electron chi connectivity index (χ3n) is 2.84. The lowest BCUT2D eigenvalue weighted by molar-refractivity contribution is -0.141. The predicted octanol–water partition coefficient (Wildman–Crippen LogP) is 2.75. The summed E-state index contributed by atoms with van der Waals surface area (Å²) in [5, 5.41) is 14.0. The Morgan fingerprint density at radius 3 is 2.40 bits per heavy atom. The maximum Gasteiger partial charge on any atom is 0.326 e. The minimum absolute atomic E-state index is 0.306. The molecule has 0 bridgehead atoms. The maximum atomic E-state index is 13.1. The molecule has 110 valence electrons. The zero-order chi connectivity index (χ0) is 15.5. The van der Waals surface area contributed by atoms with Gasteiger partial charge < -0.3 is 15.7 Å². The fourth-order valence-corrected chi connectivity index (χ4v) is 1.67. The first-order valence-electron chi connectivity index (χ1n) is 6.17. The lowest BCUT2D eigenvalue weighted by atomic mass is 9.87. The van der Waals surface area contributed by atoms with Crippen molar-refractivity contribution < 1.29 is 19.1 Å². The molecule has 0 saturated carbocycles. The van der Waals surface area contributed by atoms with Gasteiger partial charge in [0.05, 0.1) is 0 Å². The van der Waals surface area contributed by atoms with Crippen LogP contribution < -0.4 is 10.6 Å². The summed E-state index contributed by atoms with van der Waals surface area (Å²) >= 11 is 0. The van der Waals surface area contributed by atoms with E-state index in [4.69, 9.17) is 5.11 Å². The van der Waals surface area contributed by atoms with Crippen molar-refractivity contribution in [2.45, 2.75) is 33.7 Å². The molecule has 0 spiro atoms. The molecule has 5 nitrogen and oxygen atoms in total. The summed E-state index contributed by atoms with van der Waals surface area (Å²) in [6.07, 6.45) is 0. The molecule has 0 aromatic heterocycles. The van der Waals surface area contributed by atoms with Crippen LogP contribution in [0.5, 0.6) is 0 Å². The summed E-state index contributed by atoms with van der Waals surface area (Å²) in [5.74, 6) is -1.60. The van der Waals surface area contributed by atoms with E-state index in [9.17, 15) is 14.0 Å². The smallest absolute Gasteiger partial charge is 0.326 e. The van der Waals surface area contributed by atoms with Gasteiger partial charge in [-0.15, -0.1) is 0 Å². The number of benzene rings is 1. The van der Waals surface area contributed by atoms with Crippen molar-refractivity contribution >= 4 is 17.7 Å². The Morgan fingerprint density at radius 1 is 1.30 bits per heavy atom. The number of anilines is 1. The summed E-state index contributed by atoms with van der Waals surface area (Å²) < 4.78 is 13.1. The Bertz CT molecular complexity index is 524. The summed E-state index contributed by atoms with van der Waals surface area (Å²) in [5.41, 5.74) is 0.352. The number of halogens is 1. The maximum absolute atomic E-state index is 13.1. The molecule has 0 heterocycles. The number of hydrogen-bond acceptors (Lipinski definition) is 2. The van der Waals surface area contributed by atoms with Crippen molar-refractivity contribution in [1.82, 2.24) is 5.32 Å². The average molecular weight is 282 g/mol. The lowest BCUT2D eigenvalue weighted by Crippen LogP contribution is -2.50. The molecule has 1 rings (SSSR count). The van der Waals surface area contributed by atoms with Crippen molar-refractivity contribution in [3.8, 4) is 0 Å². The van der Waals surface area contributed by atoms with Crippen LogP contribution in [0.4, 0.5) is 14.9 Å². The number of aryl methyl sites for hydroxylation is 1. The number of carbonyl (C=O) groups excluding carboxylic acids is 1. The zero-order valence-corrected chi connectivity index (χ0v) is 12.0. The molecule has 3 N–H and O–H groups in total. The van der Waals surface area contributed by atoms with Crippen molar-refractivity contribution in [2.75, 3.05) is 5.32 Å². The van der Waals surface area contributed by atoms with Gasteiger partial charge in [-0.05, 0) is 30.0 Å². The highest BCUT2D eigenvalue weighted by molar-refractivity contribution is 5.93. The number of carboxylic acids is 1. The molecule has 0 radical (unpaired) electrons. The lowest BCUT2D eigenvalue weighted by Gasteiger charge is -2.27. The van der Waals surface area contributed by atoms with Gasteiger partial charge in [0.1, 0.15) is 11.9 Å². The second-order valence-electron chi connectivity index (χ2n) is 5.69. The molecule has 1 aromatic rings. The molecule has 0 unspecified atom stereocenters. The van der Waals surface area contributed by atoms with Crippen LogP contribution in [0.15, 0.2) is 18.2 Å². The van der Waals surface area contributed by atoms with E-state index in [2.05, 4.69) is 10.6 Å². The largest absolute Gasteiger partial charge is 0.480 e. The molecule has 0 aliphatic heterocycles. The molecule has 20 heavy (non-hydrogen) atoms. The summed E-state index contributed by atoms with van der Waals surface area (Å²) in [6, 6.07) is 2.27. The molecule has 0 aliphatic rings. The molecule has 0 aliphatic carbocycles.